The fraction of sp³-hybridized carbons (Fsp3) is 0.261. The van der Waals surface area contributed by atoms with Crippen molar-refractivity contribution in [2.75, 3.05) is 12.3 Å². The monoisotopic (exact) mass is 413 g/mol. The lowest BCUT2D eigenvalue weighted by molar-refractivity contribution is -0.127. The lowest BCUT2D eigenvalue weighted by Crippen LogP contribution is -2.39. The molecule has 3 aromatic rings. The zero-order valence-corrected chi connectivity index (χ0v) is 17.4. The quantitative estimate of drug-likeness (QED) is 0.457. The highest BCUT2D eigenvalue weighted by atomic mass is 35.5. The fourth-order valence-electron chi connectivity index (χ4n) is 2.93. The molecule has 1 unspecified atom stereocenters. The van der Waals surface area contributed by atoms with Gasteiger partial charge in [-0.25, -0.2) is 0 Å². The second kappa shape index (κ2) is 10.4. The number of carbonyl (C=O) groups excluding carboxylic acids is 1. The molecule has 1 amide bonds. The number of benzene rings is 3. The van der Waals surface area contributed by atoms with E-state index in [-0.39, 0.29) is 5.91 Å². The molecule has 1 N–H and O–H groups in total. The molecule has 3 nitrogen and oxygen atoms in total. The van der Waals surface area contributed by atoms with E-state index in [9.17, 15) is 4.79 Å². The standard InChI is InChI=1S/C23H24ClNO2S/c1-2-21(27-22-13-7-10-17-8-3-5-11-19(17)22)23(26)25-14-15-28-16-18-9-4-6-12-20(18)24/h3-13,21H,2,14-16H2,1H3,(H,25,26). The van der Waals surface area contributed by atoms with Gasteiger partial charge in [0.15, 0.2) is 6.10 Å². The molecule has 3 rings (SSSR count). The van der Waals surface area contributed by atoms with Crippen molar-refractivity contribution >= 4 is 40.0 Å². The normalized spacial score (nSPS) is 11.9. The van der Waals surface area contributed by atoms with Crippen LogP contribution in [0.1, 0.15) is 18.9 Å². The Morgan fingerprint density at radius 2 is 1.82 bits per heavy atom. The third-order valence-electron chi connectivity index (χ3n) is 4.44. The van der Waals surface area contributed by atoms with E-state index < -0.39 is 6.10 Å². The number of rotatable bonds is 9. The zero-order chi connectivity index (χ0) is 19.8. The van der Waals surface area contributed by atoms with E-state index in [1.807, 2.05) is 73.7 Å². The number of carbonyl (C=O) groups is 1. The first-order chi connectivity index (χ1) is 13.7. The number of amides is 1. The van der Waals surface area contributed by atoms with E-state index >= 15 is 0 Å². The van der Waals surface area contributed by atoms with Crippen LogP contribution in [0, 0.1) is 0 Å². The number of halogens is 1. The van der Waals surface area contributed by atoms with Crippen molar-refractivity contribution in [1.82, 2.24) is 5.32 Å². The Hall–Kier alpha value is -2.17. The van der Waals surface area contributed by atoms with Crippen LogP contribution in [0.25, 0.3) is 10.8 Å². The summed E-state index contributed by atoms with van der Waals surface area (Å²) in [6.07, 6.45) is 0.112. The van der Waals surface area contributed by atoms with Gasteiger partial charge in [-0.2, -0.15) is 11.8 Å². The SMILES string of the molecule is CCC(Oc1cccc2ccccc12)C(=O)NCCSCc1ccccc1Cl. The van der Waals surface area contributed by atoms with Crippen LogP contribution in [0.5, 0.6) is 5.75 Å². The molecule has 0 bridgehead atoms. The molecular formula is C23H24ClNO2S. The van der Waals surface area contributed by atoms with Gasteiger partial charge in [-0.1, -0.05) is 73.1 Å². The minimum absolute atomic E-state index is 0.0752. The van der Waals surface area contributed by atoms with Gasteiger partial charge in [0.1, 0.15) is 5.75 Å². The van der Waals surface area contributed by atoms with E-state index in [2.05, 4.69) is 5.32 Å². The molecule has 5 heteroatoms. The lowest BCUT2D eigenvalue weighted by atomic mass is 10.1. The van der Waals surface area contributed by atoms with Gasteiger partial charge in [0.2, 0.25) is 0 Å². The first kappa shape index (κ1) is 20.6. The maximum atomic E-state index is 12.5. The van der Waals surface area contributed by atoms with Gasteiger partial charge in [-0.05, 0) is 29.5 Å². The summed E-state index contributed by atoms with van der Waals surface area (Å²) < 4.78 is 6.04. The summed E-state index contributed by atoms with van der Waals surface area (Å²) in [7, 11) is 0. The van der Waals surface area contributed by atoms with Gasteiger partial charge >= 0.3 is 0 Å². The molecule has 0 aliphatic rings. The molecule has 0 aliphatic carbocycles. The highest BCUT2D eigenvalue weighted by Crippen LogP contribution is 2.26. The largest absolute Gasteiger partial charge is 0.480 e. The minimum Gasteiger partial charge on any atom is -0.480 e. The van der Waals surface area contributed by atoms with Crippen LogP contribution in [0.15, 0.2) is 66.7 Å². The Bertz CT molecular complexity index is 926. The second-order valence-electron chi connectivity index (χ2n) is 6.43. The van der Waals surface area contributed by atoms with Gasteiger partial charge in [0.05, 0.1) is 0 Å². The Labute approximate surface area is 175 Å². The number of hydrogen-bond donors (Lipinski definition) is 1. The second-order valence-corrected chi connectivity index (χ2v) is 7.94. The predicted octanol–water partition coefficient (Wildman–Crippen LogP) is 5.70. The Balaban J connectivity index is 1.49. The van der Waals surface area contributed by atoms with Gasteiger partial charge in [-0.3, -0.25) is 4.79 Å². The Morgan fingerprint density at radius 3 is 2.64 bits per heavy atom. The van der Waals surface area contributed by atoms with Crippen molar-refractivity contribution in [2.24, 2.45) is 0 Å². The molecule has 0 saturated carbocycles. The highest BCUT2D eigenvalue weighted by molar-refractivity contribution is 7.98. The van der Waals surface area contributed by atoms with Gasteiger partial charge in [0.25, 0.3) is 5.91 Å². The van der Waals surface area contributed by atoms with Crippen LogP contribution in [0.3, 0.4) is 0 Å². The van der Waals surface area contributed by atoms with Crippen molar-refractivity contribution in [3.8, 4) is 5.75 Å². The van der Waals surface area contributed by atoms with Crippen LogP contribution in [-0.4, -0.2) is 24.3 Å². The molecule has 0 aromatic heterocycles. The molecule has 0 spiro atoms. The number of ether oxygens (including phenoxy) is 1. The molecule has 0 aliphatic heterocycles. The first-order valence-corrected chi connectivity index (χ1v) is 11.0. The summed E-state index contributed by atoms with van der Waals surface area (Å²) in [5.74, 6) is 2.32. The van der Waals surface area contributed by atoms with E-state index in [1.165, 1.54) is 0 Å². The summed E-state index contributed by atoms with van der Waals surface area (Å²) >= 11 is 7.91. The van der Waals surface area contributed by atoms with Gasteiger partial charge < -0.3 is 10.1 Å². The third kappa shape index (κ3) is 5.43. The van der Waals surface area contributed by atoms with Crippen LogP contribution < -0.4 is 10.1 Å². The summed E-state index contributed by atoms with van der Waals surface area (Å²) in [6.45, 7) is 2.56. The molecule has 3 aromatic carbocycles. The van der Waals surface area contributed by atoms with Crippen LogP contribution in [0.2, 0.25) is 5.02 Å². The average molecular weight is 414 g/mol. The molecular weight excluding hydrogens is 390 g/mol. The summed E-state index contributed by atoms with van der Waals surface area (Å²) in [4.78, 5) is 12.5. The van der Waals surface area contributed by atoms with E-state index in [0.717, 1.165) is 38.6 Å². The molecule has 0 fully saturated rings. The summed E-state index contributed by atoms with van der Waals surface area (Å²) in [5, 5.41) is 5.89. The average Bonchev–Trinajstić information content (AvgIpc) is 2.73. The van der Waals surface area contributed by atoms with E-state index in [4.69, 9.17) is 16.3 Å². The van der Waals surface area contributed by atoms with Crippen molar-refractivity contribution in [3.05, 3.63) is 77.3 Å². The molecule has 0 radical (unpaired) electrons. The van der Waals surface area contributed by atoms with Crippen LogP contribution >= 0.6 is 23.4 Å². The maximum absolute atomic E-state index is 12.5. The first-order valence-electron chi connectivity index (χ1n) is 9.42. The van der Waals surface area contributed by atoms with Gasteiger partial charge in [-0.15, -0.1) is 0 Å². The number of hydrogen-bond acceptors (Lipinski definition) is 3. The molecule has 1 atom stereocenters. The third-order valence-corrected chi connectivity index (χ3v) is 5.82. The molecule has 28 heavy (non-hydrogen) atoms. The smallest absolute Gasteiger partial charge is 0.261 e. The lowest BCUT2D eigenvalue weighted by Gasteiger charge is -2.18. The number of fused-ring (bicyclic) bond motifs is 1. The Morgan fingerprint density at radius 1 is 1.07 bits per heavy atom. The highest BCUT2D eigenvalue weighted by Gasteiger charge is 2.18. The van der Waals surface area contributed by atoms with Gasteiger partial charge in [0, 0.05) is 28.5 Å². The van der Waals surface area contributed by atoms with E-state index in [0.29, 0.717) is 13.0 Å². The zero-order valence-electron chi connectivity index (χ0n) is 15.9. The predicted molar refractivity (Wildman–Crippen MR) is 119 cm³/mol. The number of nitrogens with one attached hydrogen (secondary N) is 1. The van der Waals surface area contributed by atoms with Crippen molar-refractivity contribution in [2.45, 2.75) is 25.2 Å². The molecule has 146 valence electrons. The van der Waals surface area contributed by atoms with Crippen LogP contribution in [0.4, 0.5) is 0 Å². The maximum Gasteiger partial charge on any atom is 0.261 e. The minimum atomic E-state index is -0.501. The molecule has 0 heterocycles. The summed E-state index contributed by atoms with van der Waals surface area (Å²) in [5.41, 5.74) is 1.12. The Kier molecular flexibility index (Phi) is 7.63. The summed E-state index contributed by atoms with van der Waals surface area (Å²) in [6, 6.07) is 21.8. The van der Waals surface area contributed by atoms with Crippen molar-refractivity contribution < 1.29 is 9.53 Å². The number of thioether (sulfide) groups is 1. The van der Waals surface area contributed by atoms with Crippen molar-refractivity contribution in [1.29, 1.82) is 0 Å². The fourth-order valence-corrected chi connectivity index (χ4v) is 4.08. The van der Waals surface area contributed by atoms with Crippen molar-refractivity contribution in [3.63, 3.8) is 0 Å². The molecule has 0 saturated heterocycles. The van der Waals surface area contributed by atoms with E-state index in [1.54, 1.807) is 11.8 Å². The van der Waals surface area contributed by atoms with Crippen LogP contribution in [-0.2, 0) is 10.5 Å². The topological polar surface area (TPSA) is 38.3 Å².